The van der Waals surface area contributed by atoms with Crippen molar-refractivity contribution in [1.82, 2.24) is 10.6 Å². The van der Waals surface area contributed by atoms with Gasteiger partial charge in [-0.3, -0.25) is 19.2 Å². The van der Waals surface area contributed by atoms with Crippen molar-refractivity contribution in [2.75, 3.05) is 0 Å². The highest BCUT2D eigenvalue weighted by Gasteiger charge is 2.44. The second-order valence-corrected chi connectivity index (χ2v) is 12.3. The summed E-state index contributed by atoms with van der Waals surface area (Å²) in [4.78, 5) is 63.4. The molecule has 0 saturated carbocycles. The normalized spacial score (nSPS) is 15.5. The van der Waals surface area contributed by atoms with E-state index in [0.29, 0.717) is 5.56 Å². The number of carbonyl (C=O) groups excluding carboxylic acids is 5. The predicted molar refractivity (Wildman–Crippen MR) is 154 cm³/mol. The van der Waals surface area contributed by atoms with Gasteiger partial charge in [0.05, 0.1) is 24.4 Å². The molecule has 0 bridgehead atoms. The molecule has 0 fully saturated rings. The number of alkyl halides is 3. The average molecular weight is 615 g/mol. The minimum Gasteiger partial charge on any atom is -0.460 e. The molecular formula is C31H45F3N2O7. The van der Waals surface area contributed by atoms with Crippen LogP contribution in [0.25, 0.3) is 0 Å². The van der Waals surface area contributed by atoms with Gasteiger partial charge in [-0.05, 0) is 52.0 Å². The molecule has 2 amide bonds. The van der Waals surface area contributed by atoms with Gasteiger partial charge in [0.2, 0.25) is 11.8 Å². The van der Waals surface area contributed by atoms with Crippen LogP contribution in [0.5, 0.6) is 0 Å². The van der Waals surface area contributed by atoms with Crippen molar-refractivity contribution in [1.29, 1.82) is 0 Å². The predicted octanol–water partition coefficient (Wildman–Crippen LogP) is 4.09. The van der Waals surface area contributed by atoms with Crippen LogP contribution >= 0.6 is 0 Å². The van der Waals surface area contributed by atoms with Crippen LogP contribution in [0.4, 0.5) is 13.2 Å². The molecule has 0 aromatic heterocycles. The summed E-state index contributed by atoms with van der Waals surface area (Å²) in [6, 6.07) is 5.90. The Balaban J connectivity index is 3.11. The van der Waals surface area contributed by atoms with E-state index < -0.39 is 84.0 Å². The lowest BCUT2D eigenvalue weighted by Crippen LogP contribution is -2.52. The number of carbonyl (C=O) groups is 5. The molecule has 242 valence electrons. The number of aliphatic hydroxyl groups excluding tert-OH is 1. The molecule has 1 rings (SSSR count). The number of ketones is 2. The number of Topliss-reactive ketones (excluding diaryl/α,β-unsaturated/α-hetero) is 2. The highest BCUT2D eigenvalue weighted by molar-refractivity contribution is 5.93. The van der Waals surface area contributed by atoms with Crippen molar-refractivity contribution in [3.05, 3.63) is 35.9 Å². The maximum absolute atomic E-state index is 13.4. The quantitative estimate of drug-likeness (QED) is 0.239. The number of nitrogens with one attached hydrogen (secondary N) is 2. The van der Waals surface area contributed by atoms with Crippen LogP contribution in [0.15, 0.2) is 30.3 Å². The first kappa shape index (κ1) is 37.7. The molecule has 0 aliphatic carbocycles. The van der Waals surface area contributed by atoms with Gasteiger partial charge in [-0.2, -0.15) is 13.2 Å². The van der Waals surface area contributed by atoms with Crippen LogP contribution in [0.1, 0.15) is 79.7 Å². The lowest BCUT2D eigenvalue weighted by Gasteiger charge is -2.28. The Morgan fingerprint density at radius 3 is 1.98 bits per heavy atom. The van der Waals surface area contributed by atoms with Crippen molar-refractivity contribution >= 4 is 29.4 Å². The molecule has 0 heterocycles. The molecule has 3 N–H and O–H groups in total. The van der Waals surface area contributed by atoms with Crippen molar-refractivity contribution in [3.8, 4) is 0 Å². The summed E-state index contributed by atoms with van der Waals surface area (Å²) in [5.74, 6) is -5.21. The van der Waals surface area contributed by atoms with E-state index in [9.17, 15) is 42.3 Å². The Morgan fingerprint density at radius 2 is 1.49 bits per heavy atom. The molecule has 5 atom stereocenters. The maximum Gasteiger partial charge on any atom is 0.416 e. The summed E-state index contributed by atoms with van der Waals surface area (Å²) < 4.78 is 44.9. The van der Waals surface area contributed by atoms with Gasteiger partial charge in [-0.1, -0.05) is 51.1 Å². The molecule has 0 radical (unpaired) electrons. The maximum atomic E-state index is 13.4. The number of hydrogen-bond donors (Lipinski definition) is 3. The van der Waals surface area contributed by atoms with E-state index in [2.05, 4.69) is 10.6 Å². The van der Waals surface area contributed by atoms with Crippen LogP contribution in [0.3, 0.4) is 0 Å². The molecular weight excluding hydrogens is 569 g/mol. The van der Waals surface area contributed by atoms with Gasteiger partial charge in [-0.15, -0.1) is 0 Å². The lowest BCUT2D eigenvalue weighted by atomic mass is 9.89. The van der Waals surface area contributed by atoms with Gasteiger partial charge >= 0.3 is 12.1 Å². The van der Waals surface area contributed by atoms with Crippen molar-refractivity contribution in [3.63, 3.8) is 0 Å². The zero-order valence-corrected chi connectivity index (χ0v) is 25.9. The molecule has 0 spiro atoms. The molecule has 1 aromatic rings. The Bertz CT molecular complexity index is 1100. The van der Waals surface area contributed by atoms with E-state index in [-0.39, 0.29) is 25.2 Å². The molecule has 2 unspecified atom stereocenters. The lowest BCUT2D eigenvalue weighted by molar-refractivity contribution is -0.213. The third-order valence-corrected chi connectivity index (χ3v) is 6.74. The SMILES string of the molecule is CC(=O)CCC(NC(=O)[C@H](C)CC(=O)[C@H](Cc1ccccc1)NC(=O)[C@@H](CC(=O)OC(C)(C)C)C(C)C)C(O)C(F)(F)F. The van der Waals surface area contributed by atoms with Crippen LogP contribution in [0, 0.1) is 17.8 Å². The van der Waals surface area contributed by atoms with E-state index >= 15 is 0 Å². The minimum atomic E-state index is -5.04. The van der Waals surface area contributed by atoms with Gasteiger partial charge < -0.3 is 25.3 Å². The van der Waals surface area contributed by atoms with Gasteiger partial charge in [0.15, 0.2) is 11.9 Å². The molecule has 0 saturated heterocycles. The zero-order valence-electron chi connectivity index (χ0n) is 25.9. The number of amides is 2. The van der Waals surface area contributed by atoms with Crippen molar-refractivity contribution in [2.24, 2.45) is 17.8 Å². The number of hydrogen-bond acceptors (Lipinski definition) is 7. The fourth-order valence-electron chi connectivity index (χ4n) is 4.33. The molecule has 43 heavy (non-hydrogen) atoms. The Morgan fingerprint density at radius 1 is 0.907 bits per heavy atom. The fourth-order valence-corrected chi connectivity index (χ4v) is 4.33. The topological polar surface area (TPSA) is 139 Å². The molecule has 12 heteroatoms. The largest absolute Gasteiger partial charge is 0.460 e. The van der Waals surface area contributed by atoms with E-state index in [4.69, 9.17) is 4.74 Å². The number of benzene rings is 1. The van der Waals surface area contributed by atoms with Crippen LogP contribution < -0.4 is 10.6 Å². The molecule has 0 aliphatic heterocycles. The number of rotatable bonds is 16. The molecule has 0 aliphatic rings. The van der Waals surface area contributed by atoms with E-state index in [1.807, 2.05) is 0 Å². The minimum absolute atomic E-state index is 0.0744. The second-order valence-electron chi connectivity index (χ2n) is 12.3. The van der Waals surface area contributed by atoms with Crippen molar-refractivity contribution < 1.29 is 47.0 Å². The summed E-state index contributed by atoms with van der Waals surface area (Å²) in [5, 5.41) is 14.6. The number of ether oxygens (including phenoxy) is 1. The Hall–Kier alpha value is -3.28. The average Bonchev–Trinajstić information content (AvgIpc) is 2.87. The number of esters is 1. The van der Waals surface area contributed by atoms with E-state index in [1.54, 1.807) is 65.0 Å². The van der Waals surface area contributed by atoms with Crippen molar-refractivity contribution in [2.45, 2.75) is 111 Å². The van der Waals surface area contributed by atoms with Gasteiger partial charge in [0.25, 0.3) is 0 Å². The first-order valence-electron chi connectivity index (χ1n) is 14.3. The highest BCUT2D eigenvalue weighted by atomic mass is 19.4. The third-order valence-electron chi connectivity index (χ3n) is 6.74. The third kappa shape index (κ3) is 14.2. The summed E-state index contributed by atoms with van der Waals surface area (Å²) in [5.41, 5.74) is -0.0390. The number of aliphatic hydroxyl groups is 1. The first-order chi connectivity index (χ1) is 19.7. The Kier molecular flexibility index (Phi) is 14.5. The monoisotopic (exact) mass is 614 g/mol. The van der Waals surface area contributed by atoms with Gasteiger partial charge in [-0.25, -0.2) is 0 Å². The number of halogens is 3. The zero-order chi connectivity index (χ0) is 33.1. The van der Waals surface area contributed by atoms with E-state index in [0.717, 1.165) is 0 Å². The van der Waals surface area contributed by atoms with E-state index in [1.165, 1.54) is 13.8 Å². The van der Waals surface area contributed by atoms with Crippen LogP contribution in [-0.2, 0) is 35.1 Å². The fraction of sp³-hybridized carbons (Fsp3) is 0.645. The second kappa shape index (κ2) is 16.5. The van der Waals surface area contributed by atoms with Gasteiger partial charge in [0, 0.05) is 18.8 Å². The Labute approximate surface area is 251 Å². The summed E-state index contributed by atoms with van der Waals surface area (Å²) >= 11 is 0. The molecule has 9 nitrogen and oxygen atoms in total. The highest BCUT2D eigenvalue weighted by Crippen LogP contribution is 2.25. The van der Waals surface area contributed by atoms with Crippen LogP contribution in [0.2, 0.25) is 0 Å². The van der Waals surface area contributed by atoms with Gasteiger partial charge in [0.1, 0.15) is 11.4 Å². The summed E-state index contributed by atoms with van der Waals surface area (Å²) in [7, 11) is 0. The summed E-state index contributed by atoms with van der Waals surface area (Å²) in [6.45, 7) is 11.2. The standard InChI is InChI=1S/C31H45F3N2O7/c1-18(2)22(17-26(39)43-30(5,6)7)29(42)36-24(16-21-11-9-8-10-12-21)25(38)15-19(3)28(41)35-23(14-13-20(4)37)27(40)31(32,33)34/h8-12,18-19,22-24,27,40H,13-17H2,1-7H3,(H,35,41)(H,36,42)/t19-,22+,23?,24+,27?/m1/s1. The summed E-state index contributed by atoms with van der Waals surface area (Å²) in [6.07, 6.45) is -9.24. The van der Waals surface area contributed by atoms with Crippen LogP contribution in [-0.4, -0.2) is 64.4 Å². The first-order valence-corrected chi connectivity index (χ1v) is 14.3. The molecule has 1 aromatic carbocycles. The smallest absolute Gasteiger partial charge is 0.416 e.